The molecule has 16 heavy (non-hydrogen) atoms. The van der Waals surface area contributed by atoms with Crippen LogP contribution in [0.4, 0.5) is 0 Å². The third kappa shape index (κ3) is 2.98. The Morgan fingerprint density at radius 1 is 1.19 bits per heavy atom. The lowest BCUT2D eigenvalue weighted by atomic mass is 9.73. The lowest BCUT2D eigenvalue weighted by Gasteiger charge is -2.39. The average molecular weight is 225 g/mol. The first-order valence-electron chi connectivity index (χ1n) is 6.99. The fourth-order valence-electron chi connectivity index (χ4n) is 3.42. The molecule has 0 heterocycles. The molecule has 0 radical (unpaired) electrons. The predicted octanol–water partition coefficient (Wildman–Crippen LogP) is 2.71. The summed E-state index contributed by atoms with van der Waals surface area (Å²) in [5, 5.41) is 13.3. The van der Waals surface area contributed by atoms with E-state index in [0.29, 0.717) is 17.4 Å². The van der Waals surface area contributed by atoms with Gasteiger partial charge in [-0.2, -0.15) is 0 Å². The SMILES string of the molecule is CC1(C)CCCCC1NCC1CCC(O)C1. The van der Waals surface area contributed by atoms with E-state index < -0.39 is 0 Å². The molecule has 0 aromatic carbocycles. The quantitative estimate of drug-likeness (QED) is 0.774. The molecule has 0 aromatic heterocycles. The minimum atomic E-state index is -0.0221. The van der Waals surface area contributed by atoms with Crippen molar-refractivity contribution in [2.75, 3.05) is 6.54 Å². The van der Waals surface area contributed by atoms with Gasteiger partial charge in [-0.15, -0.1) is 0 Å². The molecule has 0 bridgehead atoms. The molecule has 2 aliphatic carbocycles. The molecule has 0 saturated heterocycles. The zero-order chi connectivity index (χ0) is 11.6. The van der Waals surface area contributed by atoms with Gasteiger partial charge in [-0.05, 0) is 50.0 Å². The maximum atomic E-state index is 9.51. The highest BCUT2D eigenvalue weighted by atomic mass is 16.3. The van der Waals surface area contributed by atoms with Gasteiger partial charge in [0.15, 0.2) is 0 Å². The van der Waals surface area contributed by atoms with E-state index in [0.717, 1.165) is 19.4 Å². The zero-order valence-electron chi connectivity index (χ0n) is 10.8. The van der Waals surface area contributed by atoms with Gasteiger partial charge in [-0.1, -0.05) is 26.7 Å². The molecule has 2 saturated carbocycles. The summed E-state index contributed by atoms with van der Waals surface area (Å²) in [6, 6.07) is 0.694. The Morgan fingerprint density at radius 2 is 2.00 bits per heavy atom. The van der Waals surface area contributed by atoms with Gasteiger partial charge in [-0.3, -0.25) is 0 Å². The van der Waals surface area contributed by atoms with Crippen molar-refractivity contribution in [3.8, 4) is 0 Å². The Labute approximate surface area is 99.8 Å². The summed E-state index contributed by atoms with van der Waals surface area (Å²) >= 11 is 0. The van der Waals surface area contributed by atoms with Gasteiger partial charge < -0.3 is 10.4 Å². The molecule has 94 valence electrons. The molecular formula is C14H27NO. The fraction of sp³-hybridized carbons (Fsp3) is 1.00. The number of rotatable bonds is 3. The third-order valence-electron chi connectivity index (χ3n) is 4.67. The van der Waals surface area contributed by atoms with Crippen LogP contribution in [0.5, 0.6) is 0 Å². The largest absolute Gasteiger partial charge is 0.393 e. The topological polar surface area (TPSA) is 32.3 Å². The van der Waals surface area contributed by atoms with Crippen molar-refractivity contribution in [2.24, 2.45) is 11.3 Å². The Kier molecular flexibility index (Phi) is 3.91. The highest BCUT2D eigenvalue weighted by Gasteiger charge is 2.32. The maximum Gasteiger partial charge on any atom is 0.0543 e. The van der Waals surface area contributed by atoms with Crippen LogP contribution in [-0.4, -0.2) is 23.8 Å². The van der Waals surface area contributed by atoms with Crippen LogP contribution < -0.4 is 5.32 Å². The van der Waals surface area contributed by atoms with E-state index >= 15 is 0 Å². The highest BCUT2D eigenvalue weighted by Crippen LogP contribution is 2.36. The molecule has 2 fully saturated rings. The summed E-state index contributed by atoms with van der Waals surface area (Å²) in [5.41, 5.74) is 0.468. The van der Waals surface area contributed by atoms with Gasteiger partial charge in [0.05, 0.1) is 6.10 Å². The van der Waals surface area contributed by atoms with Crippen LogP contribution in [0.25, 0.3) is 0 Å². The Hall–Kier alpha value is -0.0800. The van der Waals surface area contributed by atoms with Crippen molar-refractivity contribution in [2.45, 2.75) is 70.9 Å². The van der Waals surface area contributed by atoms with E-state index in [1.54, 1.807) is 0 Å². The first kappa shape index (κ1) is 12.4. The van der Waals surface area contributed by atoms with Crippen LogP contribution in [0.1, 0.15) is 58.8 Å². The maximum absolute atomic E-state index is 9.51. The minimum Gasteiger partial charge on any atom is -0.393 e. The standard InChI is InChI=1S/C14H27NO/c1-14(2)8-4-3-5-13(14)15-10-11-6-7-12(16)9-11/h11-13,15-16H,3-10H2,1-2H3. The van der Waals surface area contributed by atoms with Gasteiger partial charge in [-0.25, -0.2) is 0 Å². The van der Waals surface area contributed by atoms with Crippen LogP contribution in [-0.2, 0) is 0 Å². The Morgan fingerprint density at radius 3 is 2.62 bits per heavy atom. The minimum absolute atomic E-state index is 0.0221. The first-order chi connectivity index (χ1) is 7.58. The van der Waals surface area contributed by atoms with Crippen molar-refractivity contribution < 1.29 is 5.11 Å². The number of nitrogens with one attached hydrogen (secondary N) is 1. The summed E-state index contributed by atoms with van der Waals surface area (Å²) in [6.45, 7) is 5.91. The summed E-state index contributed by atoms with van der Waals surface area (Å²) in [5.74, 6) is 0.715. The monoisotopic (exact) mass is 225 g/mol. The van der Waals surface area contributed by atoms with Gasteiger partial charge in [0.1, 0.15) is 0 Å². The van der Waals surface area contributed by atoms with Gasteiger partial charge in [0.2, 0.25) is 0 Å². The fourth-order valence-corrected chi connectivity index (χ4v) is 3.42. The zero-order valence-corrected chi connectivity index (χ0v) is 10.8. The molecule has 2 heteroatoms. The van der Waals surface area contributed by atoms with E-state index in [4.69, 9.17) is 0 Å². The van der Waals surface area contributed by atoms with Gasteiger partial charge in [0.25, 0.3) is 0 Å². The van der Waals surface area contributed by atoms with E-state index in [-0.39, 0.29) is 6.10 Å². The van der Waals surface area contributed by atoms with Gasteiger partial charge >= 0.3 is 0 Å². The van der Waals surface area contributed by atoms with Crippen molar-refractivity contribution >= 4 is 0 Å². The van der Waals surface area contributed by atoms with Crippen LogP contribution in [0.15, 0.2) is 0 Å². The molecular weight excluding hydrogens is 198 g/mol. The van der Waals surface area contributed by atoms with Gasteiger partial charge in [0, 0.05) is 6.04 Å². The third-order valence-corrected chi connectivity index (χ3v) is 4.67. The Balaban J connectivity index is 1.76. The highest BCUT2D eigenvalue weighted by molar-refractivity contribution is 4.89. The summed E-state index contributed by atoms with van der Waals surface area (Å²) in [6.07, 6.45) is 8.69. The smallest absolute Gasteiger partial charge is 0.0543 e. The molecule has 2 nitrogen and oxygen atoms in total. The molecule has 0 spiro atoms. The average Bonchev–Trinajstić information content (AvgIpc) is 2.62. The van der Waals surface area contributed by atoms with E-state index in [1.807, 2.05) is 0 Å². The number of aliphatic hydroxyl groups is 1. The summed E-state index contributed by atoms with van der Waals surface area (Å²) in [4.78, 5) is 0. The number of aliphatic hydroxyl groups excluding tert-OH is 1. The van der Waals surface area contributed by atoms with E-state index in [9.17, 15) is 5.11 Å². The molecule has 3 atom stereocenters. The van der Waals surface area contributed by atoms with Crippen molar-refractivity contribution in [3.05, 3.63) is 0 Å². The van der Waals surface area contributed by atoms with Crippen LogP contribution in [0.3, 0.4) is 0 Å². The molecule has 2 aliphatic rings. The number of hydrogen-bond acceptors (Lipinski definition) is 2. The number of hydrogen-bond donors (Lipinski definition) is 2. The first-order valence-corrected chi connectivity index (χ1v) is 6.99. The van der Waals surface area contributed by atoms with E-state index in [2.05, 4.69) is 19.2 Å². The second-order valence-electron chi connectivity index (χ2n) is 6.53. The molecule has 0 aromatic rings. The van der Waals surface area contributed by atoms with E-state index in [1.165, 1.54) is 32.1 Å². The lowest BCUT2D eigenvalue weighted by Crippen LogP contribution is -2.45. The van der Waals surface area contributed by atoms with Crippen molar-refractivity contribution in [1.82, 2.24) is 5.32 Å². The molecule has 0 aliphatic heterocycles. The normalized spacial score (nSPS) is 38.8. The van der Waals surface area contributed by atoms with Crippen LogP contribution in [0.2, 0.25) is 0 Å². The summed E-state index contributed by atoms with van der Waals surface area (Å²) < 4.78 is 0. The van der Waals surface area contributed by atoms with Crippen LogP contribution in [0, 0.1) is 11.3 Å². The summed E-state index contributed by atoms with van der Waals surface area (Å²) in [7, 11) is 0. The molecule has 2 N–H and O–H groups in total. The second kappa shape index (κ2) is 5.05. The second-order valence-corrected chi connectivity index (χ2v) is 6.53. The predicted molar refractivity (Wildman–Crippen MR) is 67.4 cm³/mol. The van der Waals surface area contributed by atoms with Crippen molar-refractivity contribution in [3.63, 3.8) is 0 Å². The van der Waals surface area contributed by atoms with Crippen molar-refractivity contribution in [1.29, 1.82) is 0 Å². The Bertz CT molecular complexity index is 227. The molecule has 3 unspecified atom stereocenters. The molecule has 2 rings (SSSR count). The lowest BCUT2D eigenvalue weighted by molar-refractivity contribution is 0.156. The molecule has 0 amide bonds. The van der Waals surface area contributed by atoms with Crippen LogP contribution >= 0.6 is 0 Å².